The van der Waals surface area contributed by atoms with Gasteiger partial charge >= 0.3 is 6.03 Å². The minimum atomic E-state index is -0.254. The predicted molar refractivity (Wildman–Crippen MR) is 72.9 cm³/mol. The summed E-state index contributed by atoms with van der Waals surface area (Å²) >= 11 is 3.36. The lowest BCUT2D eigenvalue weighted by molar-refractivity contribution is 0.217. The third-order valence-electron chi connectivity index (χ3n) is 2.31. The Balaban J connectivity index is 2.26. The van der Waals surface area contributed by atoms with Gasteiger partial charge in [0, 0.05) is 38.2 Å². The Hall–Kier alpha value is -1.14. The molecule has 0 spiro atoms. The van der Waals surface area contributed by atoms with Crippen LogP contribution in [0.4, 0.5) is 9.18 Å². The molecule has 0 bridgehead atoms. The monoisotopic (exact) mass is 317 g/mol. The largest absolute Gasteiger partial charge is 0.337 e. The molecule has 0 atom stereocenters. The summed E-state index contributed by atoms with van der Waals surface area (Å²) in [4.78, 5) is 12.7. The second-order valence-electron chi connectivity index (χ2n) is 4.04. The molecule has 2 N–H and O–H groups in total. The van der Waals surface area contributed by atoms with Crippen molar-refractivity contribution < 1.29 is 9.18 Å². The van der Waals surface area contributed by atoms with Gasteiger partial charge < -0.3 is 15.5 Å². The zero-order valence-electron chi connectivity index (χ0n) is 10.5. The van der Waals surface area contributed by atoms with Crippen LogP contribution in [-0.4, -0.2) is 38.1 Å². The maximum atomic E-state index is 13.0. The zero-order valence-corrected chi connectivity index (χ0v) is 12.1. The first-order valence-electron chi connectivity index (χ1n) is 5.60. The van der Waals surface area contributed by atoms with E-state index in [-0.39, 0.29) is 11.8 Å². The van der Waals surface area contributed by atoms with Crippen molar-refractivity contribution in [2.45, 2.75) is 6.54 Å². The van der Waals surface area contributed by atoms with Crippen molar-refractivity contribution >= 4 is 22.0 Å². The molecular formula is C12H17BrFN3O. The molecule has 0 saturated carbocycles. The van der Waals surface area contributed by atoms with E-state index in [9.17, 15) is 9.18 Å². The third kappa shape index (κ3) is 5.01. The van der Waals surface area contributed by atoms with Gasteiger partial charge in [-0.25, -0.2) is 9.18 Å². The summed E-state index contributed by atoms with van der Waals surface area (Å²) in [6.45, 7) is 1.71. The first kappa shape index (κ1) is 14.9. The van der Waals surface area contributed by atoms with E-state index >= 15 is 0 Å². The molecule has 1 rings (SSSR count). The maximum Gasteiger partial charge on any atom is 0.316 e. The third-order valence-corrected chi connectivity index (χ3v) is 3.08. The van der Waals surface area contributed by atoms with Crippen LogP contribution in [0, 0.1) is 5.82 Å². The SMILES string of the molecule is CN(C)C(=O)NCCNCc1cc(F)ccc1Br. The Labute approximate surface area is 115 Å². The van der Waals surface area contributed by atoms with Crippen molar-refractivity contribution in [2.75, 3.05) is 27.2 Å². The molecular weight excluding hydrogens is 301 g/mol. The highest BCUT2D eigenvalue weighted by atomic mass is 79.9. The smallest absolute Gasteiger partial charge is 0.316 e. The van der Waals surface area contributed by atoms with E-state index in [4.69, 9.17) is 0 Å². The van der Waals surface area contributed by atoms with Crippen LogP contribution < -0.4 is 10.6 Å². The number of benzene rings is 1. The van der Waals surface area contributed by atoms with Crippen molar-refractivity contribution in [3.05, 3.63) is 34.1 Å². The Bertz CT molecular complexity index is 412. The number of halogens is 2. The van der Waals surface area contributed by atoms with Gasteiger partial charge in [-0.15, -0.1) is 0 Å². The van der Waals surface area contributed by atoms with E-state index in [0.717, 1.165) is 10.0 Å². The van der Waals surface area contributed by atoms with E-state index in [1.54, 1.807) is 20.2 Å². The number of rotatable bonds is 5. The van der Waals surface area contributed by atoms with Crippen LogP contribution in [0.2, 0.25) is 0 Å². The van der Waals surface area contributed by atoms with Gasteiger partial charge in [-0.3, -0.25) is 0 Å². The molecule has 0 aromatic heterocycles. The summed E-state index contributed by atoms with van der Waals surface area (Å²) in [6, 6.07) is 4.45. The molecule has 0 aliphatic carbocycles. The summed E-state index contributed by atoms with van der Waals surface area (Å²) < 4.78 is 13.9. The fourth-order valence-electron chi connectivity index (χ4n) is 1.32. The van der Waals surface area contributed by atoms with Gasteiger partial charge in [0.1, 0.15) is 5.82 Å². The second kappa shape index (κ2) is 7.33. The van der Waals surface area contributed by atoms with E-state index < -0.39 is 0 Å². The number of carbonyl (C=O) groups excluding carboxylic acids is 1. The van der Waals surface area contributed by atoms with E-state index in [1.807, 2.05) is 0 Å². The first-order chi connectivity index (χ1) is 8.50. The average molecular weight is 318 g/mol. The van der Waals surface area contributed by atoms with Gasteiger partial charge in [0.25, 0.3) is 0 Å². The standard InChI is InChI=1S/C12H17BrFN3O/c1-17(2)12(18)16-6-5-15-8-9-7-10(14)3-4-11(9)13/h3-4,7,15H,5-6,8H2,1-2H3,(H,16,18). The van der Waals surface area contributed by atoms with E-state index in [0.29, 0.717) is 19.6 Å². The maximum absolute atomic E-state index is 13.0. The fourth-order valence-corrected chi connectivity index (χ4v) is 1.70. The van der Waals surface area contributed by atoms with Crippen molar-refractivity contribution in [1.29, 1.82) is 0 Å². The molecule has 2 amide bonds. The predicted octanol–water partition coefficient (Wildman–Crippen LogP) is 1.95. The lowest BCUT2D eigenvalue weighted by Gasteiger charge is -2.12. The van der Waals surface area contributed by atoms with E-state index in [1.165, 1.54) is 17.0 Å². The minimum Gasteiger partial charge on any atom is -0.337 e. The van der Waals surface area contributed by atoms with Crippen LogP contribution in [0.15, 0.2) is 22.7 Å². The second-order valence-corrected chi connectivity index (χ2v) is 4.89. The summed E-state index contributed by atoms with van der Waals surface area (Å²) in [7, 11) is 3.37. The molecule has 18 heavy (non-hydrogen) atoms. The van der Waals surface area contributed by atoms with Gasteiger partial charge in [-0.2, -0.15) is 0 Å². The van der Waals surface area contributed by atoms with Gasteiger partial charge in [-0.1, -0.05) is 15.9 Å². The lowest BCUT2D eigenvalue weighted by atomic mass is 10.2. The van der Waals surface area contributed by atoms with Crippen LogP contribution in [0.1, 0.15) is 5.56 Å². The summed E-state index contributed by atoms with van der Waals surface area (Å²) in [5, 5.41) is 5.87. The van der Waals surface area contributed by atoms with Crippen molar-refractivity contribution in [3.63, 3.8) is 0 Å². The molecule has 100 valence electrons. The van der Waals surface area contributed by atoms with Crippen LogP contribution >= 0.6 is 15.9 Å². The summed E-state index contributed by atoms with van der Waals surface area (Å²) in [5.74, 6) is -0.254. The minimum absolute atomic E-state index is 0.122. The number of amides is 2. The van der Waals surface area contributed by atoms with Crippen molar-refractivity contribution in [3.8, 4) is 0 Å². The molecule has 1 aromatic rings. The summed E-state index contributed by atoms with van der Waals surface area (Å²) in [6.07, 6.45) is 0. The molecule has 0 aliphatic heterocycles. The Kier molecular flexibility index (Phi) is 6.07. The highest BCUT2D eigenvalue weighted by Gasteiger charge is 2.02. The molecule has 4 nitrogen and oxygen atoms in total. The topological polar surface area (TPSA) is 44.4 Å². The van der Waals surface area contributed by atoms with Crippen LogP contribution in [0.5, 0.6) is 0 Å². The molecule has 0 aliphatic rings. The first-order valence-corrected chi connectivity index (χ1v) is 6.40. The quantitative estimate of drug-likeness (QED) is 0.815. The van der Waals surface area contributed by atoms with Crippen molar-refractivity contribution in [2.24, 2.45) is 0 Å². The highest BCUT2D eigenvalue weighted by Crippen LogP contribution is 2.17. The highest BCUT2D eigenvalue weighted by molar-refractivity contribution is 9.10. The van der Waals surface area contributed by atoms with Crippen LogP contribution in [-0.2, 0) is 6.54 Å². The molecule has 0 saturated heterocycles. The zero-order chi connectivity index (χ0) is 13.5. The van der Waals surface area contributed by atoms with Crippen LogP contribution in [0.3, 0.4) is 0 Å². The Morgan fingerprint density at radius 2 is 2.11 bits per heavy atom. The number of hydrogen-bond donors (Lipinski definition) is 2. The van der Waals surface area contributed by atoms with Crippen molar-refractivity contribution in [1.82, 2.24) is 15.5 Å². The molecule has 0 fully saturated rings. The van der Waals surface area contributed by atoms with Gasteiger partial charge in [0.2, 0.25) is 0 Å². The van der Waals surface area contributed by atoms with Gasteiger partial charge in [-0.05, 0) is 23.8 Å². The van der Waals surface area contributed by atoms with Gasteiger partial charge in [0.05, 0.1) is 0 Å². The Morgan fingerprint density at radius 3 is 2.78 bits per heavy atom. The Morgan fingerprint density at radius 1 is 1.39 bits per heavy atom. The summed E-state index contributed by atoms with van der Waals surface area (Å²) in [5.41, 5.74) is 0.855. The molecule has 6 heteroatoms. The fraction of sp³-hybridized carbons (Fsp3) is 0.417. The number of hydrogen-bond acceptors (Lipinski definition) is 2. The van der Waals surface area contributed by atoms with Gasteiger partial charge in [0.15, 0.2) is 0 Å². The molecule has 0 heterocycles. The lowest BCUT2D eigenvalue weighted by Crippen LogP contribution is -2.38. The molecule has 0 radical (unpaired) electrons. The average Bonchev–Trinajstić information content (AvgIpc) is 2.32. The van der Waals surface area contributed by atoms with E-state index in [2.05, 4.69) is 26.6 Å². The number of carbonyl (C=O) groups is 1. The number of urea groups is 1. The van der Waals surface area contributed by atoms with Crippen LogP contribution in [0.25, 0.3) is 0 Å². The molecule has 0 unspecified atom stereocenters. The normalized spacial score (nSPS) is 10.2. The number of nitrogens with zero attached hydrogens (tertiary/aromatic N) is 1. The number of nitrogens with one attached hydrogen (secondary N) is 2. The molecule has 1 aromatic carbocycles.